The molecule has 17 heavy (non-hydrogen) atoms. The summed E-state index contributed by atoms with van der Waals surface area (Å²) in [6.45, 7) is 2.15. The van der Waals surface area contributed by atoms with Crippen molar-refractivity contribution in [3.05, 3.63) is 6.07 Å². The monoisotopic (exact) mass is 255 g/mol. The van der Waals surface area contributed by atoms with Gasteiger partial charge in [-0.05, 0) is 25.0 Å². The van der Waals surface area contributed by atoms with Crippen molar-refractivity contribution >= 4 is 17.6 Å². The first-order valence-corrected chi connectivity index (χ1v) is 7.36. The summed E-state index contributed by atoms with van der Waals surface area (Å²) in [6, 6.07) is 1.99. The summed E-state index contributed by atoms with van der Waals surface area (Å²) in [5.74, 6) is 1.73. The van der Waals surface area contributed by atoms with Crippen LogP contribution in [0.25, 0.3) is 0 Å². The Labute approximate surface area is 107 Å². The molecule has 3 N–H and O–H groups in total. The summed E-state index contributed by atoms with van der Waals surface area (Å²) in [4.78, 5) is 0. The molecule has 0 saturated heterocycles. The van der Waals surface area contributed by atoms with Gasteiger partial charge < -0.3 is 10.8 Å². The van der Waals surface area contributed by atoms with Crippen LogP contribution in [-0.2, 0) is 0 Å². The number of aromatic nitrogens is 2. The molecule has 5 heteroatoms. The second-order valence-corrected chi connectivity index (χ2v) is 5.73. The summed E-state index contributed by atoms with van der Waals surface area (Å²) in [7, 11) is 0. The van der Waals surface area contributed by atoms with Crippen molar-refractivity contribution in [2.24, 2.45) is 0 Å². The van der Waals surface area contributed by atoms with Gasteiger partial charge in [0, 0.05) is 6.07 Å². The van der Waals surface area contributed by atoms with Crippen LogP contribution in [0.4, 0.5) is 5.82 Å². The molecule has 1 aliphatic rings. The van der Waals surface area contributed by atoms with Crippen LogP contribution in [-0.4, -0.2) is 26.7 Å². The van der Waals surface area contributed by atoms with Crippen molar-refractivity contribution in [3.8, 4) is 0 Å². The van der Waals surface area contributed by atoms with Crippen LogP contribution < -0.4 is 5.73 Å². The third-order valence-corrected chi connectivity index (χ3v) is 4.31. The Hall–Kier alpha value is -0.680. The highest BCUT2D eigenvalue weighted by molar-refractivity contribution is 7.99. The van der Waals surface area contributed by atoms with E-state index < -0.39 is 0 Å². The summed E-state index contributed by atoms with van der Waals surface area (Å²) in [6.07, 6.45) is 4.93. The molecule has 4 nitrogen and oxygen atoms in total. The van der Waals surface area contributed by atoms with E-state index in [-0.39, 0.29) is 12.1 Å². The lowest BCUT2D eigenvalue weighted by atomic mass is 9.93. The molecule has 0 bridgehead atoms. The molecule has 1 aromatic heterocycles. The van der Waals surface area contributed by atoms with E-state index in [0.717, 1.165) is 42.9 Å². The topological polar surface area (TPSA) is 64.1 Å². The molecule has 2 atom stereocenters. The van der Waals surface area contributed by atoms with Crippen molar-refractivity contribution in [1.82, 2.24) is 9.78 Å². The number of thioether (sulfide) groups is 1. The summed E-state index contributed by atoms with van der Waals surface area (Å²) in [5, 5.41) is 15.5. The second kappa shape index (κ2) is 5.78. The van der Waals surface area contributed by atoms with E-state index in [1.807, 2.05) is 10.7 Å². The number of aliphatic hydroxyl groups is 1. The molecule has 1 heterocycles. The van der Waals surface area contributed by atoms with Crippen LogP contribution in [0.2, 0.25) is 0 Å². The molecule has 0 aromatic carbocycles. The molecule has 2 rings (SSSR count). The normalized spacial score (nSPS) is 25.1. The number of nitrogens with zero attached hydrogens (tertiary/aromatic N) is 2. The van der Waals surface area contributed by atoms with Crippen molar-refractivity contribution in [2.45, 2.75) is 56.2 Å². The van der Waals surface area contributed by atoms with Gasteiger partial charge in [0.15, 0.2) is 0 Å². The van der Waals surface area contributed by atoms with Gasteiger partial charge in [-0.25, -0.2) is 4.68 Å². The zero-order valence-electron chi connectivity index (χ0n) is 10.3. The Morgan fingerprint density at radius 1 is 1.53 bits per heavy atom. The van der Waals surface area contributed by atoms with E-state index in [1.54, 1.807) is 11.8 Å². The SMILES string of the molecule is CCCSc1cc(N)n(C2CCCCC2O)n1. The van der Waals surface area contributed by atoms with Gasteiger partial charge in [-0.15, -0.1) is 11.8 Å². The quantitative estimate of drug-likeness (QED) is 0.811. The van der Waals surface area contributed by atoms with Gasteiger partial charge in [-0.3, -0.25) is 0 Å². The van der Waals surface area contributed by atoms with E-state index in [2.05, 4.69) is 12.0 Å². The third-order valence-electron chi connectivity index (χ3n) is 3.20. The molecule has 1 aromatic rings. The maximum atomic E-state index is 10.0. The van der Waals surface area contributed by atoms with Crippen LogP contribution in [0, 0.1) is 0 Å². The fourth-order valence-corrected chi connectivity index (χ4v) is 3.07. The minimum absolute atomic E-state index is 0.0692. The number of nitrogen functional groups attached to an aromatic ring is 1. The van der Waals surface area contributed by atoms with Crippen molar-refractivity contribution in [3.63, 3.8) is 0 Å². The predicted molar refractivity (Wildman–Crippen MR) is 71.2 cm³/mol. The molecule has 2 unspecified atom stereocenters. The molecular formula is C12H21N3OS. The average Bonchev–Trinajstić information content (AvgIpc) is 2.68. The van der Waals surface area contributed by atoms with Gasteiger partial charge in [0.1, 0.15) is 10.8 Å². The zero-order chi connectivity index (χ0) is 12.3. The number of rotatable bonds is 4. The van der Waals surface area contributed by atoms with Gasteiger partial charge in [0.25, 0.3) is 0 Å². The van der Waals surface area contributed by atoms with E-state index in [0.29, 0.717) is 5.82 Å². The molecule has 96 valence electrons. The Balaban J connectivity index is 2.11. The fourth-order valence-electron chi connectivity index (χ4n) is 2.31. The first-order chi connectivity index (χ1) is 8.22. The summed E-state index contributed by atoms with van der Waals surface area (Å²) >= 11 is 1.73. The van der Waals surface area contributed by atoms with Gasteiger partial charge in [0.2, 0.25) is 0 Å². The van der Waals surface area contributed by atoms with Gasteiger partial charge in [-0.1, -0.05) is 19.8 Å². The van der Waals surface area contributed by atoms with E-state index in [4.69, 9.17) is 5.73 Å². The number of hydrogen-bond donors (Lipinski definition) is 2. The lowest BCUT2D eigenvalue weighted by molar-refractivity contribution is 0.0700. The first kappa shape index (κ1) is 12.8. The highest BCUT2D eigenvalue weighted by Crippen LogP contribution is 2.31. The van der Waals surface area contributed by atoms with E-state index in [1.165, 1.54) is 0 Å². The van der Waals surface area contributed by atoms with Crippen LogP contribution >= 0.6 is 11.8 Å². The molecule has 0 spiro atoms. The van der Waals surface area contributed by atoms with Gasteiger partial charge >= 0.3 is 0 Å². The number of nitrogens with two attached hydrogens (primary N) is 1. The second-order valence-electron chi connectivity index (χ2n) is 4.62. The fraction of sp³-hybridized carbons (Fsp3) is 0.750. The number of anilines is 1. The highest BCUT2D eigenvalue weighted by atomic mass is 32.2. The van der Waals surface area contributed by atoms with Gasteiger partial charge in [0.05, 0.1) is 12.1 Å². The smallest absolute Gasteiger partial charge is 0.123 e. The average molecular weight is 255 g/mol. The Morgan fingerprint density at radius 3 is 3.00 bits per heavy atom. The molecule has 0 amide bonds. The molecule has 1 saturated carbocycles. The molecular weight excluding hydrogens is 234 g/mol. The zero-order valence-corrected chi connectivity index (χ0v) is 11.1. The lowest BCUT2D eigenvalue weighted by Gasteiger charge is -2.28. The van der Waals surface area contributed by atoms with Crippen LogP contribution in [0.1, 0.15) is 45.1 Å². The molecule has 1 fully saturated rings. The maximum absolute atomic E-state index is 10.0. The lowest BCUT2D eigenvalue weighted by Crippen LogP contribution is -2.29. The molecule has 0 aliphatic heterocycles. The number of hydrogen-bond acceptors (Lipinski definition) is 4. The predicted octanol–water partition coefficient (Wildman–Crippen LogP) is 2.44. The van der Waals surface area contributed by atoms with Crippen molar-refractivity contribution in [2.75, 3.05) is 11.5 Å². The van der Waals surface area contributed by atoms with Crippen LogP contribution in [0.5, 0.6) is 0 Å². The summed E-state index contributed by atoms with van der Waals surface area (Å²) < 4.78 is 1.82. The van der Waals surface area contributed by atoms with Gasteiger partial charge in [-0.2, -0.15) is 5.10 Å². The van der Waals surface area contributed by atoms with Crippen molar-refractivity contribution in [1.29, 1.82) is 0 Å². The minimum atomic E-state index is -0.296. The standard InChI is InChI=1S/C12H21N3OS/c1-2-7-17-12-8-11(13)15(14-12)9-5-3-4-6-10(9)16/h8-10,16H,2-7,13H2,1H3. The maximum Gasteiger partial charge on any atom is 0.123 e. The van der Waals surface area contributed by atoms with E-state index >= 15 is 0 Å². The summed E-state index contributed by atoms with van der Waals surface area (Å²) in [5.41, 5.74) is 5.98. The highest BCUT2D eigenvalue weighted by Gasteiger charge is 2.26. The van der Waals surface area contributed by atoms with Crippen LogP contribution in [0.15, 0.2) is 11.1 Å². The molecule has 1 aliphatic carbocycles. The van der Waals surface area contributed by atoms with E-state index in [9.17, 15) is 5.11 Å². The minimum Gasteiger partial charge on any atom is -0.391 e. The van der Waals surface area contributed by atoms with Crippen molar-refractivity contribution < 1.29 is 5.11 Å². The largest absolute Gasteiger partial charge is 0.391 e. The third kappa shape index (κ3) is 2.96. The number of aliphatic hydroxyl groups excluding tert-OH is 1. The Bertz CT molecular complexity index is 367. The van der Waals surface area contributed by atoms with Crippen LogP contribution in [0.3, 0.4) is 0 Å². The Kier molecular flexibility index (Phi) is 4.34. The molecule has 0 radical (unpaired) electrons. The first-order valence-electron chi connectivity index (χ1n) is 6.38. The Morgan fingerprint density at radius 2 is 2.29 bits per heavy atom.